The predicted octanol–water partition coefficient (Wildman–Crippen LogP) is 0.507. The fourth-order valence-corrected chi connectivity index (χ4v) is 2.45. The molecule has 3 N–H and O–H groups in total. The maximum atomic E-state index is 12.3. The third-order valence-corrected chi connectivity index (χ3v) is 3.62. The van der Waals surface area contributed by atoms with Gasteiger partial charge in [-0.15, -0.1) is 0 Å². The third-order valence-electron chi connectivity index (χ3n) is 3.62. The first-order chi connectivity index (χ1) is 9.97. The summed E-state index contributed by atoms with van der Waals surface area (Å²) in [6, 6.07) is 2.78. The molecule has 1 aromatic heterocycles. The Morgan fingerprint density at radius 1 is 1.29 bits per heavy atom. The molecule has 1 aliphatic heterocycles. The summed E-state index contributed by atoms with van der Waals surface area (Å²) >= 11 is 0. The minimum atomic E-state index is -1.12. The molecule has 1 aromatic rings. The molecule has 1 aliphatic rings. The van der Waals surface area contributed by atoms with Gasteiger partial charge < -0.3 is 15.7 Å². The van der Waals surface area contributed by atoms with Crippen molar-refractivity contribution in [1.82, 2.24) is 9.88 Å². The lowest BCUT2D eigenvalue weighted by Gasteiger charge is -2.31. The summed E-state index contributed by atoms with van der Waals surface area (Å²) in [5.41, 5.74) is 5.45. The predicted molar refractivity (Wildman–Crippen MR) is 73.6 cm³/mol. The molecule has 0 aromatic carbocycles. The van der Waals surface area contributed by atoms with E-state index in [0.717, 1.165) is 12.8 Å². The second-order valence-corrected chi connectivity index (χ2v) is 5.14. The van der Waals surface area contributed by atoms with Crippen molar-refractivity contribution in [2.75, 3.05) is 13.1 Å². The number of carboxylic acid groups (broad SMARTS) is 1. The van der Waals surface area contributed by atoms with Gasteiger partial charge >= 0.3 is 5.97 Å². The highest BCUT2D eigenvalue weighted by molar-refractivity contribution is 5.95. The monoisotopic (exact) mass is 291 g/mol. The molecule has 7 nitrogen and oxygen atoms in total. The summed E-state index contributed by atoms with van der Waals surface area (Å²) in [5.74, 6) is -1.37. The van der Waals surface area contributed by atoms with Crippen LogP contribution in [0.15, 0.2) is 18.3 Å². The smallest absolute Gasteiger partial charge is 0.354 e. The molecular formula is C14H17N3O4. The largest absolute Gasteiger partial charge is 0.477 e. The molecule has 2 heterocycles. The molecule has 21 heavy (non-hydrogen) atoms. The van der Waals surface area contributed by atoms with Gasteiger partial charge in [-0.05, 0) is 30.9 Å². The van der Waals surface area contributed by atoms with E-state index in [4.69, 9.17) is 10.8 Å². The van der Waals surface area contributed by atoms with E-state index in [9.17, 15) is 14.4 Å². The molecule has 2 rings (SSSR count). The van der Waals surface area contributed by atoms with Gasteiger partial charge in [0.2, 0.25) is 5.91 Å². The van der Waals surface area contributed by atoms with Crippen LogP contribution < -0.4 is 5.73 Å². The van der Waals surface area contributed by atoms with Gasteiger partial charge in [0.15, 0.2) is 0 Å². The van der Waals surface area contributed by atoms with Crippen LogP contribution in [-0.4, -0.2) is 45.9 Å². The minimum absolute atomic E-state index is 0.0910. The molecule has 0 bridgehead atoms. The van der Waals surface area contributed by atoms with Crippen molar-refractivity contribution in [2.45, 2.75) is 19.3 Å². The Hall–Kier alpha value is -2.44. The maximum Gasteiger partial charge on any atom is 0.354 e. The van der Waals surface area contributed by atoms with E-state index < -0.39 is 5.97 Å². The van der Waals surface area contributed by atoms with Crippen molar-refractivity contribution in [3.63, 3.8) is 0 Å². The highest BCUT2D eigenvalue weighted by Gasteiger charge is 2.24. The van der Waals surface area contributed by atoms with Crippen LogP contribution in [-0.2, 0) is 4.79 Å². The fourth-order valence-electron chi connectivity index (χ4n) is 2.45. The fraction of sp³-hybridized carbons (Fsp3) is 0.429. The van der Waals surface area contributed by atoms with Crippen LogP contribution in [0.25, 0.3) is 0 Å². The molecule has 112 valence electrons. The Morgan fingerprint density at radius 3 is 2.43 bits per heavy atom. The summed E-state index contributed by atoms with van der Waals surface area (Å²) < 4.78 is 0. The molecular weight excluding hydrogens is 274 g/mol. The molecule has 2 amide bonds. The van der Waals surface area contributed by atoms with Gasteiger partial charge in [-0.3, -0.25) is 9.59 Å². The van der Waals surface area contributed by atoms with E-state index in [-0.39, 0.29) is 23.4 Å². The molecule has 0 radical (unpaired) electrons. The van der Waals surface area contributed by atoms with Gasteiger partial charge in [-0.25, -0.2) is 9.78 Å². The average Bonchev–Trinajstić information content (AvgIpc) is 2.47. The van der Waals surface area contributed by atoms with Crippen LogP contribution in [0.5, 0.6) is 0 Å². The van der Waals surface area contributed by atoms with Crippen LogP contribution in [0.4, 0.5) is 0 Å². The lowest BCUT2D eigenvalue weighted by molar-refractivity contribution is -0.119. The van der Waals surface area contributed by atoms with Crippen LogP contribution in [0.3, 0.4) is 0 Å². The van der Waals surface area contributed by atoms with Gasteiger partial charge in [0, 0.05) is 25.7 Å². The Labute approximate surface area is 121 Å². The number of nitrogens with two attached hydrogens (primary N) is 1. The average molecular weight is 291 g/mol. The number of carbonyl (C=O) groups is 3. The second kappa shape index (κ2) is 6.34. The number of carbonyl (C=O) groups excluding carboxylic acids is 2. The maximum absolute atomic E-state index is 12.3. The summed E-state index contributed by atoms with van der Waals surface area (Å²) in [6.45, 7) is 1.13. The number of primary amides is 1. The number of amides is 2. The highest BCUT2D eigenvalue weighted by atomic mass is 16.4. The van der Waals surface area contributed by atoms with E-state index in [1.54, 1.807) is 4.90 Å². The number of rotatable bonds is 4. The first kappa shape index (κ1) is 15.0. The first-order valence-electron chi connectivity index (χ1n) is 6.74. The number of pyridine rings is 1. The van der Waals surface area contributed by atoms with Crippen molar-refractivity contribution in [3.8, 4) is 0 Å². The molecule has 0 spiro atoms. The third kappa shape index (κ3) is 3.77. The number of likely N-dealkylation sites (tertiary alicyclic amines) is 1. The molecule has 0 atom stereocenters. The zero-order chi connectivity index (χ0) is 15.4. The molecule has 0 saturated carbocycles. The van der Waals surface area contributed by atoms with Crippen LogP contribution >= 0.6 is 0 Å². The number of nitrogens with zero attached hydrogens (tertiary/aromatic N) is 2. The summed E-state index contributed by atoms with van der Waals surface area (Å²) in [6.07, 6.45) is 3.13. The Bertz CT molecular complexity index is 548. The zero-order valence-corrected chi connectivity index (χ0v) is 11.5. The Morgan fingerprint density at radius 2 is 1.95 bits per heavy atom. The standard InChI is InChI=1S/C14H17N3O4/c15-12(18)7-9-3-5-17(6-4-9)13(19)10-1-2-11(14(20)21)16-8-10/h1-2,8-9H,3-7H2,(H2,15,18)(H,20,21). The van der Waals surface area contributed by atoms with E-state index >= 15 is 0 Å². The molecule has 1 saturated heterocycles. The number of carboxylic acids is 1. The highest BCUT2D eigenvalue weighted by Crippen LogP contribution is 2.21. The number of piperidine rings is 1. The second-order valence-electron chi connectivity index (χ2n) is 5.14. The van der Waals surface area contributed by atoms with Crippen LogP contribution in [0.1, 0.15) is 40.1 Å². The molecule has 0 unspecified atom stereocenters. The van der Waals surface area contributed by atoms with E-state index in [1.807, 2.05) is 0 Å². The topological polar surface area (TPSA) is 114 Å². The molecule has 1 fully saturated rings. The number of aromatic carboxylic acids is 1. The lowest BCUT2D eigenvalue weighted by atomic mass is 9.93. The van der Waals surface area contributed by atoms with Gasteiger partial charge in [0.25, 0.3) is 5.91 Å². The Kier molecular flexibility index (Phi) is 4.52. The lowest BCUT2D eigenvalue weighted by Crippen LogP contribution is -2.39. The number of hydrogen-bond donors (Lipinski definition) is 2. The first-order valence-corrected chi connectivity index (χ1v) is 6.74. The quantitative estimate of drug-likeness (QED) is 0.839. The van der Waals surface area contributed by atoms with Crippen molar-refractivity contribution in [1.29, 1.82) is 0 Å². The zero-order valence-electron chi connectivity index (χ0n) is 11.5. The molecule has 0 aliphatic carbocycles. The van der Waals surface area contributed by atoms with E-state index in [0.29, 0.717) is 25.1 Å². The van der Waals surface area contributed by atoms with Crippen LogP contribution in [0.2, 0.25) is 0 Å². The van der Waals surface area contributed by atoms with E-state index in [2.05, 4.69) is 4.98 Å². The summed E-state index contributed by atoms with van der Waals surface area (Å²) in [5, 5.41) is 8.77. The Balaban J connectivity index is 1.95. The van der Waals surface area contributed by atoms with Gasteiger partial charge in [0.05, 0.1) is 5.56 Å². The summed E-state index contributed by atoms with van der Waals surface area (Å²) in [7, 11) is 0. The van der Waals surface area contributed by atoms with E-state index in [1.165, 1.54) is 18.3 Å². The number of aromatic nitrogens is 1. The van der Waals surface area contributed by atoms with Crippen molar-refractivity contribution in [2.24, 2.45) is 11.7 Å². The van der Waals surface area contributed by atoms with Crippen molar-refractivity contribution >= 4 is 17.8 Å². The van der Waals surface area contributed by atoms with Crippen molar-refractivity contribution in [3.05, 3.63) is 29.6 Å². The van der Waals surface area contributed by atoms with Crippen LogP contribution in [0, 0.1) is 5.92 Å². The van der Waals surface area contributed by atoms with Gasteiger partial charge in [-0.2, -0.15) is 0 Å². The number of hydrogen-bond acceptors (Lipinski definition) is 4. The minimum Gasteiger partial charge on any atom is -0.477 e. The normalized spacial score (nSPS) is 15.7. The van der Waals surface area contributed by atoms with Gasteiger partial charge in [-0.1, -0.05) is 0 Å². The van der Waals surface area contributed by atoms with Gasteiger partial charge in [0.1, 0.15) is 5.69 Å². The molecule has 7 heteroatoms. The SMILES string of the molecule is NC(=O)CC1CCN(C(=O)c2ccc(C(=O)O)nc2)CC1. The van der Waals surface area contributed by atoms with Crippen molar-refractivity contribution < 1.29 is 19.5 Å². The summed E-state index contributed by atoms with van der Waals surface area (Å²) in [4.78, 5) is 39.3.